The predicted octanol–water partition coefficient (Wildman–Crippen LogP) is 3.69. The van der Waals surface area contributed by atoms with Crippen molar-refractivity contribution in [3.8, 4) is 0 Å². The van der Waals surface area contributed by atoms with Crippen molar-refractivity contribution < 1.29 is 33.8 Å². The van der Waals surface area contributed by atoms with Crippen LogP contribution < -0.4 is 11.1 Å². The highest BCUT2D eigenvalue weighted by Crippen LogP contribution is 2.17. The molecule has 0 aliphatic carbocycles. The van der Waals surface area contributed by atoms with Gasteiger partial charge in [-0.05, 0) is 42.9 Å². The zero-order chi connectivity index (χ0) is 27.2. The number of nitrogens with two attached hydrogens (primary N) is 1. The number of carbonyl (C=O) groups is 4. The molecule has 2 rings (SSSR count). The first-order valence-corrected chi connectivity index (χ1v) is 12.2. The fraction of sp³-hybridized carbons (Fsp3) is 0.407. The van der Waals surface area contributed by atoms with Gasteiger partial charge < -0.3 is 25.6 Å². The minimum atomic E-state index is -1.36. The number of imide groups is 1. The number of hydrogen-bond donors (Lipinski definition) is 3. The van der Waals surface area contributed by atoms with Crippen molar-refractivity contribution in [2.75, 3.05) is 6.54 Å². The summed E-state index contributed by atoms with van der Waals surface area (Å²) >= 11 is 0. The molecule has 0 fully saturated rings. The lowest BCUT2D eigenvalue weighted by Crippen LogP contribution is -2.56. The van der Waals surface area contributed by atoms with E-state index in [1.54, 1.807) is 62.4 Å². The normalized spacial score (nSPS) is 12.3. The molecular weight excluding hydrogens is 478 g/mol. The number of carbonyl (C=O) groups excluding carboxylic acids is 3. The van der Waals surface area contributed by atoms with Crippen LogP contribution in [0, 0.1) is 5.92 Å². The van der Waals surface area contributed by atoms with Crippen LogP contribution in [0.4, 0.5) is 9.59 Å². The first-order valence-electron chi connectivity index (χ1n) is 12.2. The quantitative estimate of drug-likeness (QED) is 0.344. The first-order chi connectivity index (χ1) is 17.7. The number of rotatable bonds is 13. The Kier molecular flexibility index (Phi) is 12.1. The second kappa shape index (κ2) is 15.2. The average molecular weight is 514 g/mol. The van der Waals surface area contributed by atoms with Crippen LogP contribution in [0.2, 0.25) is 0 Å². The van der Waals surface area contributed by atoms with Crippen molar-refractivity contribution in [1.82, 2.24) is 10.2 Å². The lowest BCUT2D eigenvalue weighted by atomic mass is 10.0. The van der Waals surface area contributed by atoms with Gasteiger partial charge in [0.2, 0.25) is 5.91 Å². The van der Waals surface area contributed by atoms with Crippen molar-refractivity contribution in [2.45, 2.75) is 58.4 Å². The molecule has 0 aliphatic heterocycles. The zero-order valence-electron chi connectivity index (χ0n) is 21.2. The average Bonchev–Trinajstić information content (AvgIpc) is 2.89. The highest BCUT2D eigenvalue weighted by Gasteiger charge is 2.39. The smallest absolute Gasteiger partial charge is 0.420 e. The van der Waals surface area contributed by atoms with Crippen molar-refractivity contribution in [3.63, 3.8) is 0 Å². The minimum absolute atomic E-state index is 0.0499. The molecule has 0 saturated heterocycles. The molecule has 10 heteroatoms. The summed E-state index contributed by atoms with van der Waals surface area (Å²) in [5.41, 5.74) is 6.96. The third kappa shape index (κ3) is 9.57. The van der Waals surface area contributed by atoms with E-state index < -0.39 is 42.1 Å². The van der Waals surface area contributed by atoms with Crippen LogP contribution in [0.15, 0.2) is 60.7 Å². The molecule has 3 amide bonds. The summed E-state index contributed by atoms with van der Waals surface area (Å²) in [6, 6.07) is 15.1. The number of amides is 3. The van der Waals surface area contributed by atoms with E-state index in [2.05, 4.69) is 5.32 Å². The van der Waals surface area contributed by atoms with Gasteiger partial charge in [-0.3, -0.25) is 4.79 Å². The van der Waals surface area contributed by atoms with Crippen LogP contribution in [0.1, 0.15) is 44.2 Å². The monoisotopic (exact) mass is 513 g/mol. The van der Waals surface area contributed by atoms with E-state index in [0.29, 0.717) is 35.4 Å². The second-order valence-electron chi connectivity index (χ2n) is 8.82. The number of nitrogens with zero attached hydrogens (tertiary/aromatic N) is 1. The van der Waals surface area contributed by atoms with E-state index in [9.17, 15) is 24.3 Å². The summed E-state index contributed by atoms with van der Waals surface area (Å²) in [7, 11) is 0. The van der Waals surface area contributed by atoms with Crippen molar-refractivity contribution in [3.05, 3.63) is 71.8 Å². The second-order valence-corrected chi connectivity index (χ2v) is 8.82. The lowest BCUT2D eigenvalue weighted by molar-refractivity contribution is -0.143. The van der Waals surface area contributed by atoms with E-state index in [4.69, 9.17) is 15.2 Å². The van der Waals surface area contributed by atoms with E-state index in [0.717, 1.165) is 0 Å². The van der Waals surface area contributed by atoms with Crippen LogP contribution >= 0.6 is 0 Å². The number of hydrogen-bond acceptors (Lipinski definition) is 7. The Morgan fingerprint density at radius 3 is 1.76 bits per heavy atom. The van der Waals surface area contributed by atoms with Gasteiger partial charge in [0.15, 0.2) is 0 Å². The van der Waals surface area contributed by atoms with Gasteiger partial charge in [0.05, 0.1) is 0 Å². The number of carboxylic acids is 1. The number of carboxylic acid groups (broad SMARTS) is 1. The van der Waals surface area contributed by atoms with Crippen LogP contribution in [0.5, 0.6) is 0 Å². The highest BCUT2D eigenvalue weighted by atomic mass is 16.6. The van der Waals surface area contributed by atoms with Crippen LogP contribution in [0.25, 0.3) is 0 Å². The molecule has 2 atom stereocenters. The standard InChI is InChI=1S/C27H35N3O7/c1-19(2)23(25(32)33)29-24(31)22(15-9-10-16-28)30(26(34)36-17-20-11-5-3-6-12-20)27(35)37-18-21-13-7-4-8-14-21/h3-8,11-14,19,22-23H,9-10,15-18,28H2,1-2H3,(H,29,31)(H,32,33)/t22-,23-/m0/s1. The molecule has 0 radical (unpaired) electrons. The SMILES string of the molecule is CC(C)[C@H](NC(=O)[C@H](CCCCN)N(C(=O)OCc1ccccc1)C(=O)OCc1ccccc1)C(=O)O. The maximum atomic E-state index is 13.3. The third-order valence-electron chi connectivity index (χ3n) is 5.58. The van der Waals surface area contributed by atoms with Crippen molar-refractivity contribution >= 4 is 24.1 Å². The summed E-state index contributed by atoms with van der Waals surface area (Å²) in [4.78, 5) is 52.0. The van der Waals surface area contributed by atoms with Gasteiger partial charge in [-0.15, -0.1) is 0 Å². The van der Waals surface area contributed by atoms with E-state index in [-0.39, 0.29) is 19.6 Å². The van der Waals surface area contributed by atoms with Gasteiger partial charge in [0.1, 0.15) is 25.3 Å². The number of aliphatic carboxylic acids is 1. The Morgan fingerprint density at radius 2 is 1.35 bits per heavy atom. The first kappa shape index (κ1) is 29.3. The zero-order valence-corrected chi connectivity index (χ0v) is 21.2. The molecule has 0 saturated carbocycles. The van der Waals surface area contributed by atoms with Crippen molar-refractivity contribution in [2.24, 2.45) is 11.7 Å². The van der Waals surface area contributed by atoms with Crippen LogP contribution in [0.3, 0.4) is 0 Å². The largest absolute Gasteiger partial charge is 0.480 e. The Labute approximate surface area is 216 Å². The fourth-order valence-corrected chi connectivity index (χ4v) is 3.53. The van der Waals surface area contributed by atoms with Crippen LogP contribution in [-0.4, -0.2) is 52.7 Å². The highest BCUT2D eigenvalue weighted by molar-refractivity contribution is 5.96. The Bertz CT molecular complexity index is 960. The summed E-state index contributed by atoms with van der Waals surface area (Å²) < 4.78 is 10.7. The fourth-order valence-electron chi connectivity index (χ4n) is 3.53. The molecule has 0 bridgehead atoms. The number of ether oxygens (including phenoxy) is 2. The molecule has 2 aromatic carbocycles. The minimum Gasteiger partial charge on any atom is -0.480 e. The van der Waals surface area contributed by atoms with Gasteiger partial charge in [0, 0.05) is 0 Å². The van der Waals surface area contributed by atoms with Gasteiger partial charge in [-0.25, -0.2) is 14.4 Å². The Hall–Kier alpha value is -3.92. The lowest BCUT2D eigenvalue weighted by Gasteiger charge is -2.29. The molecule has 0 heterocycles. The Morgan fingerprint density at radius 1 is 0.865 bits per heavy atom. The summed E-state index contributed by atoms with van der Waals surface area (Å²) in [6.07, 6.45) is -1.17. The molecular formula is C27H35N3O7. The van der Waals surface area contributed by atoms with E-state index in [1.165, 1.54) is 0 Å². The van der Waals surface area contributed by atoms with Gasteiger partial charge in [-0.1, -0.05) is 74.5 Å². The summed E-state index contributed by atoms with van der Waals surface area (Å²) in [5, 5.41) is 12.0. The topological polar surface area (TPSA) is 148 Å². The molecule has 37 heavy (non-hydrogen) atoms. The summed E-state index contributed by atoms with van der Waals surface area (Å²) in [5.74, 6) is -2.46. The maximum Gasteiger partial charge on any atom is 0.420 e. The maximum absolute atomic E-state index is 13.3. The number of unbranched alkanes of at least 4 members (excludes halogenated alkanes) is 1. The van der Waals surface area contributed by atoms with Gasteiger partial charge in [0.25, 0.3) is 0 Å². The van der Waals surface area contributed by atoms with Crippen molar-refractivity contribution in [1.29, 1.82) is 0 Å². The third-order valence-corrected chi connectivity index (χ3v) is 5.58. The molecule has 0 unspecified atom stereocenters. The number of benzene rings is 2. The molecule has 0 spiro atoms. The molecule has 2 aromatic rings. The van der Waals surface area contributed by atoms with Gasteiger partial charge in [-0.2, -0.15) is 4.90 Å². The van der Waals surface area contributed by atoms with E-state index >= 15 is 0 Å². The van der Waals surface area contributed by atoms with Gasteiger partial charge >= 0.3 is 18.2 Å². The van der Waals surface area contributed by atoms with E-state index in [1.807, 2.05) is 12.1 Å². The van der Waals surface area contributed by atoms with Crippen LogP contribution in [-0.2, 0) is 32.3 Å². The predicted molar refractivity (Wildman–Crippen MR) is 136 cm³/mol. The number of nitrogens with one attached hydrogen (secondary N) is 1. The molecule has 200 valence electrons. The molecule has 10 nitrogen and oxygen atoms in total. The molecule has 0 aliphatic rings. The summed E-state index contributed by atoms with van der Waals surface area (Å²) in [6.45, 7) is 3.35. The molecule has 0 aromatic heterocycles. The Balaban J connectivity index is 2.31. The molecule has 4 N–H and O–H groups in total.